The number of ketones is 1. The van der Waals surface area contributed by atoms with E-state index in [1.807, 2.05) is 6.07 Å². The Balaban J connectivity index is 1.46. The number of hydrogen-bond donors (Lipinski definition) is 1. The molecule has 186 valence electrons. The molecule has 1 amide bonds. The van der Waals surface area contributed by atoms with Crippen molar-refractivity contribution in [2.75, 3.05) is 5.32 Å². The van der Waals surface area contributed by atoms with E-state index in [4.69, 9.17) is 11.6 Å². The molecule has 0 unspecified atom stereocenters. The van der Waals surface area contributed by atoms with Gasteiger partial charge in [0, 0.05) is 24.7 Å². The van der Waals surface area contributed by atoms with E-state index < -0.39 is 22.7 Å². The Morgan fingerprint density at radius 2 is 1.94 bits per heavy atom. The fourth-order valence-corrected chi connectivity index (χ4v) is 4.52. The third kappa shape index (κ3) is 5.44. The summed E-state index contributed by atoms with van der Waals surface area (Å²) in [7, 11) is 0. The number of carbonyl (C=O) groups excluding carboxylic acids is 2. The zero-order valence-corrected chi connectivity index (χ0v) is 20.4. The van der Waals surface area contributed by atoms with Crippen molar-refractivity contribution in [2.24, 2.45) is 0 Å². The third-order valence-corrected chi connectivity index (χ3v) is 6.72. The minimum atomic E-state index is -4.69. The van der Waals surface area contributed by atoms with Crippen LogP contribution >= 0.6 is 22.9 Å². The summed E-state index contributed by atoms with van der Waals surface area (Å²) in [6.07, 6.45) is 2.32. The van der Waals surface area contributed by atoms with Crippen LogP contribution < -0.4 is 5.32 Å². The fraction of sp³-hybridized carbons (Fsp3) is 0.217. The molecule has 0 aliphatic carbocycles. The highest BCUT2D eigenvalue weighted by molar-refractivity contribution is 7.13. The highest BCUT2D eigenvalue weighted by Crippen LogP contribution is 2.35. The number of anilines is 1. The number of hydrogen-bond acceptors (Lipinski definition) is 7. The number of amides is 1. The maximum atomic E-state index is 13.1. The van der Waals surface area contributed by atoms with E-state index in [0.717, 1.165) is 17.5 Å². The van der Waals surface area contributed by atoms with Gasteiger partial charge in [-0.15, -0.1) is 11.3 Å². The molecule has 0 aromatic carbocycles. The summed E-state index contributed by atoms with van der Waals surface area (Å²) in [6, 6.07) is 4.24. The molecule has 0 spiro atoms. The van der Waals surface area contributed by atoms with Crippen LogP contribution in [-0.2, 0) is 6.18 Å². The molecule has 4 aromatic heterocycles. The molecule has 4 heterocycles. The van der Waals surface area contributed by atoms with E-state index in [-0.39, 0.29) is 28.8 Å². The lowest BCUT2D eigenvalue weighted by Gasteiger charge is -2.11. The molecule has 8 nitrogen and oxygen atoms in total. The van der Waals surface area contributed by atoms with E-state index in [0.29, 0.717) is 28.3 Å². The Morgan fingerprint density at radius 3 is 2.64 bits per heavy atom. The summed E-state index contributed by atoms with van der Waals surface area (Å²) in [6.45, 7) is 3.58. The standard InChI is InChI=1S/C23H18ClF3N6O2S/c1-12(6-18(34)17-10-29-13(2)33(17)14-4-3-5-28-8-14)22-31-11-19(36-22)21(35)32-20-7-15(23(25,26)27)16(24)9-30-20/h3-5,7-12H,6H2,1-2H3,(H,30,32,35)/t12-/m0/s1. The first-order chi connectivity index (χ1) is 17.0. The number of nitrogens with one attached hydrogen (secondary N) is 1. The van der Waals surface area contributed by atoms with Gasteiger partial charge in [-0.05, 0) is 25.1 Å². The predicted molar refractivity (Wildman–Crippen MR) is 128 cm³/mol. The number of rotatable bonds is 7. The molecule has 4 rings (SSSR count). The lowest BCUT2D eigenvalue weighted by atomic mass is 10.0. The molecule has 0 aliphatic rings. The molecule has 0 fully saturated rings. The van der Waals surface area contributed by atoms with Crippen molar-refractivity contribution in [3.63, 3.8) is 0 Å². The van der Waals surface area contributed by atoms with Crippen molar-refractivity contribution < 1.29 is 22.8 Å². The van der Waals surface area contributed by atoms with E-state index in [1.54, 1.807) is 36.9 Å². The number of halogens is 4. The molecule has 36 heavy (non-hydrogen) atoms. The van der Waals surface area contributed by atoms with Crippen LogP contribution in [0.3, 0.4) is 0 Å². The lowest BCUT2D eigenvalue weighted by molar-refractivity contribution is -0.137. The van der Waals surface area contributed by atoms with Crippen LogP contribution in [0.25, 0.3) is 5.69 Å². The number of aromatic nitrogens is 5. The number of carbonyl (C=O) groups is 2. The first-order valence-corrected chi connectivity index (χ1v) is 11.7. The zero-order valence-electron chi connectivity index (χ0n) is 18.9. The van der Waals surface area contributed by atoms with Gasteiger partial charge < -0.3 is 5.32 Å². The maximum Gasteiger partial charge on any atom is 0.418 e. The summed E-state index contributed by atoms with van der Waals surface area (Å²) in [4.78, 5) is 42.1. The van der Waals surface area contributed by atoms with Crippen LogP contribution in [-0.4, -0.2) is 36.2 Å². The first kappa shape index (κ1) is 25.5. The van der Waals surface area contributed by atoms with Crippen LogP contribution in [0.2, 0.25) is 5.02 Å². The number of Topliss-reactive ketones (excluding diaryl/α,β-unsaturated/α-hetero) is 1. The average Bonchev–Trinajstić information content (AvgIpc) is 3.47. The molecule has 0 saturated carbocycles. The smallest absolute Gasteiger partial charge is 0.306 e. The van der Waals surface area contributed by atoms with Crippen molar-refractivity contribution in [1.82, 2.24) is 24.5 Å². The topological polar surface area (TPSA) is 103 Å². The number of aryl methyl sites for hydroxylation is 1. The number of nitrogens with zero attached hydrogens (tertiary/aromatic N) is 5. The quantitative estimate of drug-likeness (QED) is 0.304. The minimum absolute atomic E-state index is 0.105. The Bertz CT molecular complexity index is 1420. The second-order valence-corrected chi connectivity index (χ2v) is 9.30. The zero-order chi connectivity index (χ0) is 26.0. The van der Waals surface area contributed by atoms with Gasteiger partial charge in [0.15, 0.2) is 5.78 Å². The van der Waals surface area contributed by atoms with E-state index in [9.17, 15) is 22.8 Å². The lowest BCUT2D eigenvalue weighted by Crippen LogP contribution is -2.13. The molecule has 13 heteroatoms. The molecule has 1 N–H and O–H groups in total. The van der Waals surface area contributed by atoms with Gasteiger partial charge in [0.05, 0.1) is 39.9 Å². The predicted octanol–water partition coefficient (Wildman–Crippen LogP) is 5.73. The van der Waals surface area contributed by atoms with Crippen LogP contribution in [0, 0.1) is 6.92 Å². The summed E-state index contributed by atoms with van der Waals surface area (Å²) in [5.41, 5.74) is 0.00436. The van der Waals surface area contributed by atoms with Crippen molar-refractivity contribution in [1.29, 1.82) is 0 Å². The van der Waals surface area contributed by atoms with Gasteiger partial charge in [0.1, 0.15) is 22.2 Å². The Hall–Kier alpha value is -3.64. The van der Waals surface area contributed by atoms with Crippen molar-refractivity contribution >= 4 is 40.4 Å². The van der Waals surface area contributed by atoms with Crippen molar-refractivity contribution in [2.45, 2.75) is 32.4 Å². The minimum Gasteiger partial charge on any atom is -0.306 e. The third-order valence-electron chi connectivity index (χ3n) is 5.19. The average molecular weight is 535 g/mol. The molecule has 0 radical (unpaired) electrons. The first-order valence-electron chi connectivity index (χ1n) is 10.5. The van der Waals surface area contributed by atoms with Crippen LogP contribution in [0.4, 0.5) is 19.0 Å². The van der Waals surface area contributed by atoms with Gasteiger partial charge in [-0.1, -0.05) is 18.5 Å². The Morgan fingerprint density at radius 1 is 1.17 bits per heavy atom. The Kier molecular flexibility index (Phi) is 7.18. The summed E-state index contributed by atoms with van der Waals surface area (Å²) in [5.74, 6) is -0.832. The van der Waals surface area contributed by atoms with Gasteiger partial charge in [-0.3, -0.25) is 19.1 Å². The van der Waals surface area contributed by atoms with Gasteiger partial charge in [0.25, 0.3) is 5.91 Å². The molecule has 0 bridgehead atoms. The van der Waals surface area contributed by atoms with Gasteiger partial charge in [-0.2, -0.15) is 13.2 Å². The Labute approximate surface area is 212 Å². The molecule has 1 atom stereocenters. The molecular weight excluding hydrogens is 517 g/mol. The van der Waals surface area contributed by atoms with E-state index >= 15 is 0 Å². The number of alkyl halides is 3. The summed E-state index contributed by atoms with van der Waals surface area (Å²) < 4.78 is 40.9. The van der Waals surface area contributed by atoms with Crippen molar-refractivity contribution in [3.8, 4) is 5.69 Å². The largest absolute Gasteiger partial charge is 0.418 e. The molecule has 0 saturated heterocycles. The van der Waals surface area contributed by atoms with E-state index in [2.05, 4.69) is 25.3 Å². The highest BCUT2D eigenvalue weighted by Gasteiger charge is 2.34. The highest BCUT2D eigenvalue weighted by atomic mass is 35.5. The summed E-state index contributed by atoms with van der Waals surface area (Å²) >= 11 is 6.61. The van der Waals surface area contributed by atoms with Gasteiger partial charge in [-0.25, -0.2) is 15.0 Å². The fourth-order valence-electron chi connectivity index (χ4n) is 3.45. The molecule has 0 aliphatic heterocycles. The van der Waals surface area contributed by atoms with Crippen LogP contribution in [0.1, 0.15) is 55.8 Å². The number of pyridine rings is 2. The van der Waals surface area contributed by atoms with E-state index in [1.165, 1.54) is 12.4 Å². The second kappa shape index (κ2) is 10.2. The monoisotopic (exact) mass is 534 g/mol. The SMILES string of the molecule is Cc1ncc(C(=O)C[C@H](C)c2ncc(C(=O)Nc3cc(C(F)(F)F)c(Cl)cn3)s2)n1-c1cccnc1. The molecular formula is C23H18ClF3N6O2S. The van der Waals surface area contributed by atoms with Gasteiger partial charge in [0.2, 0.25) is 0 Å². The van der Waals surface area contributed by atoms with Gasteiger partial charge >= 0.3 is 6.18 Å². The normalized spacial score (nSPS) is 12.4. The number of imidazole rings is 1. The number of thiazole rings is 1. The molecule has 4 aromatic rings. The second-order valence-electron chi connectivity index (χ2n) is 7.83. The summed E-state index contributed by atoms with van der Waals surface area (Å²) in [5, 5.41) is 2.28. The maximum absolute atomic E-state index is 13.1. The van der Waals surface area contributed by atoms with Crippen LogP contribution in [0.5, 0.6) is 0 Å². The van der Waals surface area contributed by atoms with Crippen molar-refractivity contribution in [3.05, 3.63) is 81.2 Å². The van der Waals surface area contributed by atoms with Crippen LogP contribution in [0.15, 0.2) is 49.2 Å².